The van der Waals surface area contributed by atoms with Crippen LogP contribution in [0.5, 0.6) is 0 Å². The van der Waals surface area contributed by atoms with Crippen LogP contribution in [0.25, 0.3) is 0 Å². The van der Waals surface area contributed by atoms with Crippen molar-refractivity contribution in [2.75, 3.05) is 13.7 Å². The molecule has 322 valence electrons. The number of hydrogen-bond acceptors (Lipinski definition) is 20. The molecule has 5 rings (SSSR count). The van der Waals surface area contributed by atoms with Crippen LogP contribution in [-0.2, 0) is 95.1 Å². The van der Waals surface area contributed by atoms with E-state index in [1.807, 2.05) is 6.07 Å². The van der Waals surface area contributed by atoms with E-state index < -0.39 is 134 Å². The minimum absolute atomic E-state index is 0.0395. The number of esters is 6. The third kappa shape index (κ3) is 10.9. The fraction of sp³-hybridized carbons (Fsp3) is 0.684. The lowest BCUT2D eigenvalue weighted by atomic mass is 9.95. The number of carbonyl (C=O) groups is 6. The number of benzene rings is 1. The summed E-state index contributed by atoms with van der Waals surface area (Å²) >= 11 is 0. The molecule has 0 aromatic heterocycles. The third-order valence-corrected chi connectivity index (χ3v) is 9.44. The van der Waals surface area contributed by atoms with Gasteiger partial charge in [-0.25, -0.2) is 0 Å². The van der Waals surface area contributed by atoms with E-state index in [0.29, 0.717) is 5.56 Å². The Labute approximate surface area is 334 Å². The molecule has 4 aliphatic heterocycles. The van der Waals surface area contributed by atoms with E-state index in [9.17, 15) is 28.8 Å². The average Bonchev–Trinajstić information content (AvgIpc) is 3.14. The summed E-state index contributed by atoms with van der Waals surface area (Å²) in [6.07, 6.45) is -20.5. The van der Waals surface area contributed by atoms with Gasteiger partial charge in [-0.3, -0.25) is 28.8 Å². The zero-order valence-corrected chi connectivity index (χ0v) is 33.5. The summed E-state index contributed by atoms with van der Waals surface area (Å²) in [4.78, 5) is 74.2. The summed E-state index contributed by atoms with van der Waals surface area (Å²) in [5, 5.41) is 0. The molecule has 58 heavy (non-hydrogen) atoms. The first-order valence-electron chi connectivity index (χ1n) is 18.6. The molecule has 16 atom stereocenters. The molecule has 0 spiro atoms. The van der Waals surface area contributed by atoms with Crippen LogP contribution in [0.2, 0.25) is 0 Å². The van der Waals surface area contributed by atoms with Gasteiger partial charge in [-0.05, 0) is 13.8 Å². The standard InChI is InChI=1S/C38H50O20/c1-16-26(49-18(3)39)29(51-20(5)41)33(53-22(7)43)37(47-16)57-31-28-25(15-46-35(56-28)24-13-11-10-12-14-24)55-36(45-9)32(31)58-38-34(54-23(8)44)30(52-21(6)42)27(17(2)48-38)50-19(4)40/h10-14,16-17,25-38H,15H2,1-9H3/t16-,17-,25+,26+,27+,28+,29+,30+,31-,32+,33-,34-,35+,36+,37+,38+/m0/s1. The number of hydrogen-bond donors (Lipinski definition) is 0. The van der Waals surface area contributed by atoms with Crippen LogP contribution >= 0.6 is 0 Å². The summed E-state index contributed by atoms with van der Waals surface area (Å²) in [7, 11) is 1.32. The Bertz CT molecular complexity index is 1620. The lowest BCUT2D eigenvalue weighted by Gasteiger charge is -2.52. The molecule has 1 aromatic carbocycles. The van der Waals surface area contributed by atoms with Crippen molar-refractivity contribution < 1.29 is 95.1 Å². The number of carbonyl (C=O) groups excluding carboxylic acids is 6. The highest BCUT2D eigenvalue weighted by Gasteiger charge is 2.59. The summed E-state index contributed by atoms with van der Waals surface area (Å²) in [5.41, 5.74) is 0.644. The molecule has 0 N–H and O–H groups in total. The van der Waals surface area contributed by atoms with E-state index in [4.69, 9.17) is 66.3 Å². The van der Waals surface area contributed by atoms with Crippen molar-refractivity contribution in [3.05, 3.63) is 35.9 Å². The lowest BCUT2D eigenvalue weighted by molar-refractivity contribution is -0.411. The first kappa shape index (κ1) is 44.8. The Morgan fingerprint density at radius 3 is 1.34 bits per heavy atom. The molecule has 4 fully saturated rings. The molecule has 4 aliphatic rings. The summed E-state index contributed by atoms with van der Waals surface area (Å²) in [6.45, 7) is 9.80. The minimum atomic E-state index is -1.58. The smallest absolute Gasteiger partial charge is 0.303 e. The van der Waals surface area contributed by atoms with Crippen molar-refractivity contribution >= 4 is 35.8 Å². The van der Waals surface area contributed by atoms with Crippen LogP contribution in [0.15, 0.2) is 30.3 Å². The van der Waals surface area contributed by atoms with E-state index in [1.165, 1.54) is 21.0 Å². The molecule has 0 unspecified atom stereocenters. The van der Waals surface area contributed by atoms with E-state index in [2.05, 4.69) is 0 Å². The maximum absolute atomic E-state index is 12.6. The fourth-order valence-corrected chi connectivity index (χ4v) is 7.28. The molecule has 0 amide bonds. The molecular weight excluding hydrogens is 776 g/mol. The highest BCUT2D eigenvalue weighted by molar-refractivity contribution is 5.69. The van der Waals surface area contributed by atoms with Crippen LogP contribution in [0.1, 0.15) is 67.2 Å². The Morgan fingerprint density at radius 1 is 0.500 bits per heavy atom. The second kappa shape index (κ2) is 19.6. The van der Waals surface area contributed by atoms with Gasteiger partial charge in [0.2, 0.25) is 0 Å². The van der Waals surface area contributed by atoms with Gasteiger partial charge < -0.3 is 66.3 Å². The highest BCUT2D eigenvalue weighted by Crippen LogP contribution is 2.41. The second-order valence-corrected chi connectivity index (χ2v) is 14.0. The quantitative estimate of drug-likeness (QED) is 0.214. The van der Waals surface area contributed by atoms with Crippen molar-refractivity contribution in [2.24, 2.45) is 0 Å². The number of ether oxygens (including phenoxy) is 14. The third-order valence-electron chi connectivity index (χ3n) is 9.44. The Morgan fingerprint density at radius 2 is 0.914 bits per heavy atom. The van der Waals surface area contributed by atoms with Gasteiger partial charge in [0.15, 0.2) is 61.8 Å². The van der Waals surface area contributed by atoms with Crippen LogP contribution in [0, 0.1) is 0 Å². The summed E-state index contributed by atoms with van der Waals surface area (Å²) in [5.74, 6) is -4.66. The number of rotatable bonds is 12. The molecule has 0 saturated carbocycles. The van der Waals surface area contributed by atoms with Crippen LogP contribution in [-0.4, -0.2) is 142 Å². The molecular formula is C38H50O20. The highest BCUT2D eigenvalue weighted by atomic mass is 16.8. The number of methoxy groups -OCH3 is 1. The van der Waals surface area contributed by atoms with E-state index >= 15 is 0 Å². The Hall–Kier alpha value is -4.28. The lowest BCUT2D eigenvalue weighted by Crippen LogP contribution is -2.69. The summed E-state index contributed by atoms with van der Waals surface area (Å²) in [6, 6.07) is 8.97. The van der Waals surface area contributed by atoms with Crippen molar-refractivity contribution in [1.29, 1.82) is 0 Å². The van der Waals surface area contributed by atoms with Crippen LogP contribution in [0.3, 0.4) is 0 Å². The van der Waals surface area contributed by atoms with Crippen LogP contribution in [0.4, 0.5) is 0 Å². The molecule has 4 heterocycles. The zero-order chi connectivity index (χ0) is 42.4. The summed E-state index contributed by atoms with van der Waals surface area (Å²) < 4.78 is 83.7. The van der Waals surface area contributed by atoms with Crippen LogP contribution < -0.4 is 0 Å². The van der Waals surface area contributed by atoms with E-state index in [0.717, 1.165) is 41.5 Å². The van der Waals surface area contributed by atoms with Gasteiger partial charge in [-0.2, -0.15) is 0 Å². The molecule has 20 nitrogen and oxygen atoms in total. The molecule has 0 radical (unpaired) electrons. The SMILES string of the molecule is CO[C@@H]1O[C@@H]2CO[C@@H](c3ccccc3)O[C@H]2[C@H](O[C@H]2O[C@@H](C)[C@@H](OC(C)=O)[C@@H](OC(C)=O)[C@@H]2OC(C)=O)[C@H]1O[C@H]1O[C@@H](C)[C@@H](OC(C)=O)[C@@H](OC(C)=O)[C@@H]1OC(C)=O. The van der Waals surface area contributed by atoms with Crippen molar-refractivity contribution in [2.45, 2.75) is 154 Å². The van der Waals surface area contributed by atoms with Crippen molar-refractivity contribution in [1.82, 2.24) is 0 Å². The first-order chi connectivity index (χ1) is 27.5. The van der Waals surface area contributed by atoms with Gasteiger partial charge in [0.25, 0.3) is 0 Å². The van der Waals surface area contributed by atoms with E-state index in [-0.39, 0.29) is 6.61 Å². The average molecular weight is 827 g/mol. The molecule has 20 heteroatoms. The first-order valence-corrected chi connectivity index (χ1v) is 18.6. The van der Waals surface area contributed by atoms with Gasteiger partial charge >= 0.3 is 35.8 Å². The molecule has 0 aliphatic carbocycles. The predicted molar refractivity (Wildman–Crippen MR) is 187 cm³/mol. The predicted octanol–water partition coefficient (Wildman–Crippen LogP) is 1.32. The van der Waals surface area contributed by atoms with E-state index in [1.54, 1.807) is 24.3 Å². The second-order valence-electron chi connectivity index (χ2n) is 14.0. The van der Waals surface area contributed by atoms with Gasteiger partial charge in [0, 0.05) is 54.2 Å². The van der Waals surface area contributed by atoms with Crippen molar-refractivity contribution in [3.63, 3.8) is 0 Å². The maximum Gasteiger partial charge on any atom is 0.303 e. The largest absolute Gasteiger partial charge is 0.456 e. The normalized spacial score (nSPS) is 37.3. The topological polar surface area (TPSA) is 232 Å². The van der Waals surface area contributed by atoms with Gasteiger partial charge in [0.1, 0.15) is 24.4 Å². The molecule has 0 bridgehead atoms. The molecule has 1 aromatic rings. The Kier molecular flexibility index (Phi) is 15.2. The minimum Gasteiger partial charge on any atom is -0.456 e. The fourth-order valence-electron chi connectivity index (χ4n) is 7.28. The zero-order valence-electron chi connectivity index (χ0n) is 33.5. The number of fused-ring (bicyclic) bond motifs is 1. The molecule has 4 saturated heterocycles. The Balaban J connectivity index is 1.59. The van der Waals surface area contributed by atoms with Gasteiger partial charge in [-0.1, -0.05) is 30.3 Å². The van der Waals surface area contributed by atoms with Crippen molar-refractivity contribution in [3.8, 4) is 0 Å². The monoisotopic (exact) mass is 826 g/mol. The maximum atomic E-state index is 12.6. The van der Waals surface area contributed by atoms with Gasteiger partial charge in [0.05, 0.1) is 18.8 Å². The van der Waals surface area contributed by atoms with Gasteiger partial charge in [-0.15, -0.1) is 0 Å².